The minimum Gasteiger partial charge on any atom is -0.490 e. The summed E-state index contributed by atoms with van der Waals surface area (Å²) in [5.74, 6) is 2.04. The SMILES string of the molecule is CC1Cc2cc(C(=O)N3CCC(c4ncon4)CC3)ccc2O1. The van der Waals surface area contributed by atoms with Crippen LogP contribution in [0.3, 0.4) is 0 Å². The monoisotopic (exact) mass is 313 g/mol. The maximum Gasteiger partial charge on any atom is 0.253 e. The number of aromatic nitrogens is 2. The highest BCUT2D eigenvalue weighted by Gasteiger charge is 2.28. The molecule has 0 radical (unpaired) electrons. The summed E-state index contributed by atoms with van der Waals surface area (Å²) in [6, 6.07) is 5.76. The van der Waals surface area contributed by atoms with E-state index in [2.05, 4.69) is 10.1 Å². The van der Waals surface area contributed by atoms with Gasteiger partial charge in [-0.2, -0.15) is 4.98 Å². The normalized spacial score (nSPS) is 21.1. The molecule has 1 aromatic carbocycles. The van der Waals surface area contributed by atoms with Gasteiger partial charge in [0, 0.05) is 31.0 Å². The molecule has 1 amide bonds. The van der Waals surface area contributed by atoms with Crippen molar-refractivity contribution in [2.24, 2.45) is 0 Å². The van der Waals surface area contributed by atoms with Gasteiger partial charge < -0.3 is 14.2 Å². The van der Waals surface area contributed by atoms with Crippen molar-refractivity contribution in [3.8, 4) is 5.75 Å². The van der Waals surface area contributed by atoms with Gasteiger partial charge in [-0.25, -0.2) is 0 Å². The molecule has 1 atom stereocenters. The van der Waals surface area contributed by atoms with E-state index in [-0.39, 0.29) is 17.9 Å². The Hall–Kier alpha value is -2.37. The average molecular weight is 313 g/mol. The van der Waals surface area contributed by atoms with E-state index in [0.29, 0.717) is 0 Å². The number of amides is 1. The van der Waals surface area contributed by atoms with Crippen molar-refractivity contribution in [1.82, 2.24) is 15.0 Å². The van der Waals surface area contributed by atoms with Gasteiger partial charge in [-0.3, -0.25) is 4.79 Å². The Labute approximate surface area is 134 Å². The largest absolute Gasteiger partial charge is 0.490 e. The molecule has 2 aliphatic heterocycles. The Kier molecular flexibility index (Phi) is 3.52. The predicted octanol–water partition coefficient (Wildman–Crippen LogP) is 2.41. The molecular formula is C17H19N3O3. The van der Waals surface area contributed by atoms with Crippen LogP contribution in [0, 0.1) is 0 Å². The zero-order chi connectivity index (χ0) is 15.8. The Morgan fingerprint density at radius 3 is 2.87 bits per heavy atom. The van der Waals surface area contributed by atoms with Gasteiger partial charge in [0.05, 0.1) is 0 Å². The van der Waals surface area contributed by atoms with Crippen LogP contribution in [0.4, 0.5) is 0 Å². The van der Waals surface area contributed by atoms with E-state index in [1.807, 2.05) is 30.0 Å². The number of carbonyl (C=O) groups excluding carboxylic acids is 1. The zero-order valence-corrected chi connectivity index (χ0v) is 13.1. The smallest absolute Gasteiger partial charge is 0.253 e. The lowest BCUT2D eigenvalue weighted by Crippen LogP contribution is -2.38. The van der Waals surface area contributed by atoms with Crippen LogP contribution in [-0.2, 0) is 6.42 Å². The molecule has 23 heavy (non-hydrogen) atoms. The second kappa shape index (κ2) is 5.68. The Balaban J connectivity index is 1.43. The van der Waals surface area contributed by atoms with E-state index in [1.165, 1.54) is 6.39 Å². The zero-order valence-electron chi connectivity index (χ0n) is 13.1. The topological polar surface area (TPSA) is 68.5 Å². The van der Waals surface area contributed by atoms with Crippen molar-refractivity contribution >= 4 is 5.91 Å². The third kappa shape index (κ3) is 2.69. The van der Waals surface area contributed by atoms with Gasteiger partial charge in [-0.05, 0) is 43.5 Å². The molecule has 0 bridgehead atoms. The molecule has 6 heteroatoms. The molecule has 3 heterocycles. The van der Waals surface area contributed by atoms with Crippen molar-refractivity contribution in [3.05, 3.63) is 41.5 Å². The fourth-order valence-electron chi connectivity index (χ4n) is 3.44. The van der Waals surface area contributed by atoms with Crippen LogP contribution < -0.4 is 4.74 Å². The number of piperidine rings is 1. The molecule has 0 aliphatic carbocycles. The molecule has 0 spiro atoms. The predicted molar refractivity (Wildman–Crippen MR) is 82.4 cm³/mol. The summed E-state index contributed by atoms with van der Waals surface area (Å²) in [6.45, 7) is 3.49. The number of benzene rings is 1. The van der Waals surface area contributed by atoms with Gasteiger partial charge in [0.25, 0.3) is 5.91 Å². The number of rotatable bonds is 2. The lowest BCUT2D eigenvalue weighted by molar-refractivity contribution is 0.0710. The minimum atomic E-state index is 0.0962. The summed E-state index contributed by atoms with van der Waals surface area (Å²) in [7, 11) is 0. The number of likely N-dealkylation sites (tertiary alicyclic amines) is 1. The number of nitrogens with zero attached hydrogens (tertiary/aromatic N) is 3. The van der Waals surface area contributed by atoms with Crippen molar-refractivity contribution in [3.63, 3.8) is 0 Å². The van der Waals surface area contributed by atoms with Gasteiger partial charge in [0.2, 0.25) is 6.39 Å². The average Bonchev–Trinajstić information content (AvgIpc) is 3.22. The third-order valence-electron chi connectivity index (χ3n) is 4.67. The van der Waals surface area contributed by atoms with Crippen LogP contribution >= 0.6 is 0 Å². The highest BCUT2D eigenvalue weighted by molar-refractivity contribution is 5.94. The first kappa shape index (κ1) is 14.2. The second-order valence-corrected chi connectivity index (χ2v) is 6.31. The van der Waals surface area contributed by atoms with Crippen LogP contribution in [0.25, 0.3) is 0 Å². The van der Waals surface area contributed by atoms with Crippen LogP contribution in [0.5, 0.6) is 5.75 Å². The summed E-state index contributed by atoms with van der Waals surface area (Å²) in [5.41, 5.74) is 1.88. The highest BCUT2D eigenvalue weighted by atomic mass is 16.5. The fraction of sp³-hybridized carbons (Fsp3) is 0.471. The maximum absolute atomic E-state index is 12.7. The van der Waals surface area contributed by atoms with Crippen molar-refractivity contribution in [2.75, 3.05) is 13.1 Å². The van der Waals surface area contributed by atoms with E-state index < -0.39 is 0 Å². The molecule has 4 rings (SSSR count). The van der Waals surface area contributed by atoms with Crippen LogP contribution in [0.15, 0.2) is 29.1 Å². The molecule has 1 saturated heterocycles. The number of carbonyl (C=O) groups is 1. The third-order valence-corrected chi connectivity index (χ3v) is 4.67. The molecule has 1 aromatic heterocycles. The molecule has 1 fully saturated rings. The molecular weight excluding hydrogens is 294 g/mol. The summed E-state index contributed by atoms with van der Waals surface area (Å²) < 4.78 is 10.5. The van der Waals surface area contributed by atoms with E-state index >= 15 is 0 Å². The first-order valence-corrected chi connectivity index (χ1v) is 8.06. The van der Waals surface area contributed by atoms with Crippen molar-refractivity contribution in [1.29, 1.82) is 0 Å². The van der Waals surface area contributed by atoms with Crippen LogP contribution in [0.1, 0.15) is 47.4 Å². The number of hydrogen-bond acceptors (Lipinski definition) is 5. The van der Waals surface area contributed by atoms with E-state index in [4.69, 9.17) is 9.26 Å². The van der Waals surface area contributed by atoms with Crippen LogP contribution in [-0.4, -0.2) is 40.1 Å². The molecule has 2 aromatic rings. The Morgan fingerprint density at radius 1 is 1.30 bits per heavy atom. The van der Waals surface area contributed by atoms with E-state index in [9.17, 15) is 4.79 Å². The van der Waals surface area contributed by atoms with Crippen molar-refractivity contribution in [2.45, 2.75) is 38.2 Å². The lowest BCUT2D eigenvalue weighted by Gasteiger charge is -2.30. The molecule has 0 saturated carbocycles. The second-order valence-electron chi connectivity index (χ2n) is 6.31. The first-order valence-electron chi connectivity index (χ1n) is 8.06. The van der Waals surface area contributed by atoms with E-state index in [0.717, 1.165) is 55.1 Å². The lowest BCUT2D eigenvalue weighted by atomic mass is 9.95. The quantitative estimate of drug-likeness (QED) is 0.851. The van der Waals surface area contributed by atoms with Crippen LogP contribution in [0.2, 0.25) is 0 Å². The summed E-state index contributed by atoms with van der Waals surface area (Å²) >= 11 is 0. The summed E-state index contributed by atoms with van der Waals surface area (Å²) in [6.07, 6.45) is 4.17. The minimum absolute atomic E-state index is 0.0962. The maximum atomic E-state index is 12.7. The Morgan fingerprint density at radius 2 is 2.13 bits per heavy atom. The number of fused-ring (bicyclic) bond motifs is 1. The molecule has 1 unspecified atom stereocenters. The standard InChI is InChI=1S/C17H19N3O3/c1-11-8-14-9-13(2-3-15(14)23-11)17(21)20-6-4-12(5-7-20)16-18-10-22-19-16/h2-3,9-12H,4-8H2,1H3. The van der Waals surface area contributed by atoms with E-state index in [1.54, 1.807) is 0 Å². The van der Waals surface area contributed by atoms with Gasteiger partial charge in [0.1, 0.15) is 11.9 Å². The molecule has 2 aliphatic rings. The van der Waals surface area contributed by atoms with Gasteiger partial charge in [-0.15, -0.1) is 0 Å². The van der Waals surface area contributed by atoms with Gasteiger partial charge in [-0.1, -0.05) is 5.16 Å². The number of hydrogen-bond donors (Lipinski definition) is 0. The summed E-state index contributed by atoms with van der Waals surface area (Å²) in [4.78, 5) is 18.7. The van der Waals surface area contributed by atoms with Crippen molar-refractivity contribution < 1.29 is 14.1 Å². The van der Waals surface area contributed by atoms with Gasteiger partial charge >= 0.3 is 0 Å². The number of ether oxygens (including phenoxy) is 1. The molecule has 0 N–H and O–H groups in total. The molecule has 6 nitrogen and oxygen atoms in total. The fourth-order valence-corrected chi connectivity index (χ4v) is 3.44. The highest BCUT2D eigenvalue weighted by Crippen LogP contribution is 2.31. The first-order chi connectivity index (χ1) is 11.2. The Bertz CT molecular complexity index is 706. The summed E-state index contributed by atoms with van der Waals surface area (Å²) in [5, 5.41) is 3.91. The van der Waals surface area contributed by atoms with Gasteiger partial charge in [0.15, 0.2) is 5.82 Å². The molecule has 120 valence electrons.